The lowest BCUT2D eigenvalue weighted by Gasteiger charge is -2.22. The van der Waals surface area contributed by atoms with Gasteiger partial charge < -0.3 is 15.0 Å². The molecule has 118 valence electrons. The molecule has 0 radical (unpaired) electrons. The van der Waals surface area contributed by atoms with E-state index in [1.54, 1.807) is 7.11 Å². The Balaban J connectivity index is 0.00000220. The molecule has 1 aromatic rings. The number of carbonyl (C=O) groups is 1. The molecule has 0 aliphatic carbocycles. The van der Waals surface area contributed by atoms with E-state index in [9.17, 15) is 4.79 Å². The number of anilines is 1. The molecule has 2 rings (SSSR count). The van der Waals surface area contributed by atoms with E-state index in [4.69, 9.17) is 4.74 Å². The first-order valence-corrected chi connectivity index (χ1v) is 7.39. The van der Waals surface area contributed by atoms with E-state index >= 15 is 0 Å². The minimum atomic E-state index is 0. The molecule has 21 heavy (non-hydrogen) atoms. The highest BCUT2D eigenvalue weighted by Gasteiger charge is 2.19. The molecule has 1 saturated heterocycles. The van der Waals surface area contributed by atoms with Gasteiger partial charge in [0.15, 0.2) is 0 Å². The van der Waals surface area contributed by atoms with Crippen molar-refractivity contribution >= 4 is 24.0 Å². The second kappa shape index (κ2) is 8.90. The Morgan fingerprint density at radius 3 is 2.62 bits per heavy atom. The van der Waals surface area contributed by atoms with Gasteiger partial charge in [0.1, 0.15) is 5.75 Å². The van der Waals surface area contributed by atoms with Crippen molar-refractivity contribution in [3.05, 3.63) is 24.3 Å². The van der Waals surface area contributed by atoms with Crippen LogP contribution in [0.15, 0.2) is 24.3 Å². The summed E-state index contributed by atoms with van der Waals surface area (Å²) >= 11 is 0. The molecule has 1 atom stereocenters. The van der Waals surface area contributed by atoms with E-state index < -0.39 is 0 Å². The normalized spacial score (nSPS) is 17.1. The average molecular weight is 313 g/mol. The largest absolute Gasteiger partial charge is 0.497 e. The molecule has 1 N–H and O–H groups in total. The summed E-state index contributed by atoms with van der Waals surface area (Å²) in [5, 5.41) is 3.34. The third kappa shape index (κ3) is 4.90. The molecule has 1 fully saturated rings. The van der Waals surface area contributed by atoms with E-state index in [2.05, 4.69) is 5.32 Å². The number of rotatable bonds is 6. The predicted molar refractivity (Wildman–Crippen MR) is 88.5 cm³/mol. The Morgan fingerprint density at radius 2 is 2.10 bits per heavy atom. The Hall–Kier alpha value is -1.26. The summed E-state index contributed by atoms with van der Waals surface area (Å²) in [6, 6.07) is 7.67. The first kappa shape index (κ1) is 17.8. The minimum Gasteiger partial charge on any atom is -0.497 e. The molecular weight excluding hydrogens is 288 g/mol. The highest BCUT2D eigenvalue weighted by molar-refractivity contribution is 5.93. The van der Waals surface area contributed by atoms with Crippen molar-refractivity contribution in [2.24, 2.45) is 5.92 Å². The lowest BCUT2D eigenvalue weighted by atomic mass is 10.0. The topological polar surface area (TPSA) is 41.6 Å². The number of hydrogen-bond acceptors (Lipinski definition) is 3. The van der Waals surface area contributed by atoms with Crippen molar-refractivity contribution in [1.82, 2.24) is 5.32 Å². The number of benzene rings is 1. The van der Waals surface area contributed by atoms with Crippen LogP contribution in [0.2, 0.25) is 0 Å². The van der Waals surface area contributed by atoms with Crippen LogP contribution in [-0.2, 0) is 4.79 Å². The van der Waals surface area contributed by atoms with E-state index in [1.165, 1.54) is 6.42 Å². The van der Waals surface area contributed by atoms with Gasteiger partial charge in [-0.25, -0.2) is 0 Å². The smallest absolute Gasteiger partial charge is 0.226 e. The van der Waals surface area contributed by atoms with Crippen LogP contribution in [0.3, 0.4) is 0 Å². The van der Waals surface area contributed by atoms with Crippen molar-refractivity contribution in [1.29, 1.82) is 0 Å². The molecule has 1 amide bonds. The van der Waals surface area contributed by atoms with Gasteiger partial charge in [-0.2, -0.15) is 0 Å². The number of halogens is 1. The summed E-state index contributed by atoms with van der Waals surface area (Å²) in [7, 11) is 1.65. The van der Waals surface area contributed by atoms with Crippen molar-refractivity contribution in [2.75, 3.05) is 31.6 Å². The fraction of sp³-hybridized carbons (Fsp3) is 0.562. The molecule has 4 nitrogen and oxygen atoms in total. The first-order valence-electron chi connectivity index (χ1n) is 7.39. The average Bonchev–Trinajstić information content (AvgIpc) is 3.00. The zero-order valence-electron chi connectivity index (χ0n) is 12.8. The number of nitrogens with one attached hydrogen (secondary N) is 1. The fourth-order valence-corrected chi connectivity index (χ4v) is 2.69. The summed E-state index contributed by atoms with van der Waals surface area (Å²) in [4.78, 5) is 14.2. The quantitative estimate of drug-likeness (QED) is 0.878. The van der Waals surface area contributed by atoms with Gasteiger partial charge in [-0.05, 0) is 63.0 Å². The van der Waals surface area contributed by atoms with Gasteiger partial charge in [-0.1, -0.05) is 0 Å². The predicted octanol–water partition coefficient (Wildman–Crippen LogP) is 2.86. The van der Waals surface area contributed by atoms with Crippen molar-refractivity contribution in [3.63, 3.8) is 0 Å². The molecular formula is C16H25ClN2O2. The highest BCUT2D eigenvalue weighted by Crippen LogP contribution is 2.21. The van der Waals surface area contributed by atoms with E-state index in [0.717, 1.165) is 30.9 Å². The van der Waals surface area contributed by atoms with Gasteiger partial charge in [0.2, 0.25) is 5.91 Å². The highest BCUT2D eigenvalue weighted by atomic mass is 35.5. The zero-order chi connectivity index (χ0) is 14.4. The van der Waals surface area contributed by atoms with E-state index in [0.29, 0.717) is 18.9 Å². The van der Waals surface area contributed by atoms with E-state index in [1.807, 2.05) is 36.1 Å². The van der Waals surface area contributed by atoms with Crippen LogP contribution in [0.5, 0.6) is 5.75 Å². The number of amides is 1. The maximum Gasteiger partial charge on any atom is 0.226 e. The standard InChI is InChI=1S/C16H24N2O2.ClH/c1-3-18(14-5-7-15(20-2)8-6-14)16(19)9-4-13-10-11-17-12-13;/h5-8,13,17H,3-4,9-12H2,1-2H3;1H. The van der Waals surface area contributed by atoms with Gasteiger partial charge >= 0.3 is 0 Å². The van der Waals surface area contributed by atoms with Gasteiger partial charge in [-0.3, -0.25) is 4.79 Å². The van der Waals surface area contributed by atoms with Crippen LogP contribution in [0.1, 0.15) is 26.2 Å². The third-order valence-electron chi connectivity index (χ3n) is 3.93. The SMILES string of the molecule is CCN(C(=O)CCC1CCNC1)c1ccc(OC)cc1.Cl. The van der Waals surface area contributed by atoms with Gasteiger partial charge in [0.25, 0.3) is 0 Å². The fourth-order valence-electron chi connectivity index (χ4n) is 2.69. The molecule has 1 aromatic carbocycles. The maximum atomic E-state index is 12.4. The molecule has 1 unspecified atom stereocenters. The number of hydrogen-bond donors (Lipinski definition) is 1. The molecule has 0 bridgehead atoms. The minimum absolute atomic E-state index is 0. The second-order valence-electron chi connectivity index (χ2n) is 5.23. The second-order valence-corrected chi connectivity index (χ2v) is 5.23. The summed E-state index contributed by atoms with van der Waals surface area (Å²) < 4.78 is 5.15. The van der Waals surface area contributed by atoms with Crippen LogP contribution in [0, 0.1) is 5.92 Å². The molecule has 0 aromatic heterocycles. The van der Waals surface area contributed by atoms with Crippen molar-refractivity contribution in [2.45, 2.75) is 26.2 Å². The number of nitrogens with zero attached hydrogens (tertiary/aromatic N) is 1. The Morgan fingerprint density at radius 1 is 1.38 bits per heavy atom. The molecule has 1 heterocycles. The van der Waals surface area contributed by atoms with Crippen LogP contribution >= 0.6 is 12.4 Å². The van der Waals surface area contributed by atoms with Crippen LogP contribution in [0.25, 0.3) is 0 Å². The van der Waals surface area contributed by atoms with Crippen molar-refractivity contribution in [3.8, 4) is 5.75 Å². The lowest BCUT2D eigenvalue weighted by Crippen LogP contribution is -2.30. The molecule has 5 heteroatoms. The van der Waals surface area contributed by atoms with Crippen LogP contribution in [0.4, 0.5) is 5.69 Å². The Kier molecular flexibility index (Phi) is 7.54. The lowest BCUT2D eigenvalue weighted by molar-refractivity contribution is -0.118. The Labute approximate surface area is 133 Å². The number of ether oxygens (including phenoxy) is 1. The monoisotopic (exact) mass is 312 g/mol. The number of methoxy groups -OCH3 is 1. The zero-order valence-corrected chi connectivity index (χ0v) is 13.6. The van der Waals surface area contributed by atoms with E-state index in [-0.39, 0.29) is 18.3 Å². The van der Waals surface area contributed by atoms with Crippen LogP contribution < -0.4 is 15.0 Å². The maximum absolute atomic E-state index is 12.4. The first-order chi connectivity index (χ1) is 9.74. The van der Waals surface area contributed by atoms with Gasteiger partial charge in [0, 0.05) is 18.7 Å². The molecule has 1 aliphatic heterocycles. The third-order valence-corrected chi connectivity index (χ3v) is 3.93. The van der Waals surface area contributed by atoms with Crippen molar-refractivity contribution < 1.29 is 9.53 Å². The van der Waals surface area contributed by atoms with Crippen LogP contribution in [-0.4, -0.2) is 32.7 Å². The van der Waals surface area contributed by atoms with Gasteiger partial charge in [0.05, 0.1) is 7.11 Å². The van der Waals surface area contributed by atoms with Gasteiger partial charge in [-0.15, -0.1) is 12.4 Å². The molecule has 0 saturated carbocycles. The summed E-state index contributed by atoms with van der Waals surface area (Å²) in [5.74, 6) is 1.69. The molecule has 0 spiro atoms. The Bertz CT molecular complexity index is 430. The summed E-state index contributed by atoms with van der Waals surface area (Å²) in [6.45, 7) is 4.87. The molecule has 1 aliphatic rings. The summed E-state index contributed by atoms with van der Waals surface area (Å²) in [6.07, 6.45) is 2.81. The summed E-state index contributed by atoms with van der Waals surface area (Å²) in [5.41, 5.74) is 0.947. The number of carbonyl (C=O) groups excluding carboxylic acids is 1.